The summed E-state index contributed by atoms with van der Waals surface area (Å²) in [7, 11) is -8.21. The molecule has 0 saturated carbocycles. The molecule has 0 unspecified atom stereocenters. The van der Waals surface area contributed by atoms with E-state index in [0.29, 0.717) is 24.0 Å². The number of halogens is 2. The second-order valence-electron chi connectivity index (χ2n) is 9.69. The summed E-state index contributed by atoms with van der Waals surface area (Å²) in [6, 6.07) is 11.4. The van der Waals surface area contributed by atoms with Crippen molar-refractivity contribution in [3.63, 3.8) is 0 Å². The van der Waals surface area contributed by atoms with Crippen LogP contribution in [0.3, 0.4) is 0 Å². The highest BCUT2D eigenvalue weighted by atomic mass is 35.5. The number of hydrogen-bond donors (Lipinski definition) is 5. The van der Waals surface area contributed by atoms with Crippen molar-refractivity contribution in [1.29, 1.82) is 0 Å². The first kappa shape index (κ1) is 29.2. The van der Waals surface area contributed by atoms with Crippen molar-refractivity contribution in [3.8, 4) is 5.75 Å². The molecule has 1 aliphatic rings. The zero-order chi connectivity index (χ0) is 29.7. The van der Waals surface area contributed by atoms with E-state index in [9.17, 15) is 27.4 Å². The maximum Gasteiger partial charge on any atom is 0.267 e. The Morgan fingerprint density at radius 3 is 2.49 bits per heavy atom. The van der Waals surface area contributed by atoms with Crippen LogP contribution in [-0.4, -0.2) is 38.0 Å². The summed E-state index contributed by atoms with van der Waals surface area (Å²) in [6.45, 7) is 4.34. The highest BCUT2D eigenvalue weighted by molar-refractivity contribution is 8.23. The highest BCUT2D eigenvalue weighted by Gasteiger charge is 2.32. The van der Waals surface area contributed by atoms with Gasteiger partial charge in [0.15, 0.2) is 5.84 Å². The van der Waals surface area contributed by atoms with Gasteiger partial charge in [0.25, 0.3) is 15.6 Å². The number of fused-ring (bicyclic) bond motifs is 2. The van der Waals surface area contributed by atoms with Crippen molar-refractivity contribution in [2.45, 2.75) is 36.6 Å². The van der Waals surface area contributed by atoms with Gasteiger partial charge in [-0.05, 0) is 54.8 Å². The van der Waals surface area contributed by atoms with Gasteiger partial charge in [-0.15, -0.1) is 4.40 Å². The molecule has 11 nitrogen and oxygen atoms in total. The number of rotatable bonds is 7. The van der Waals surface area contributed by atoms with Crippen LogP contribution in [0.25, 0.3) is 11.0 Å². The molecule has 0 saturated heterocycles. The molecule has 0 atom stereocenters. The molecule has 2 aromatic heterocycles. The fourth-order valence-electron chi connectivity index (χ4n) is 4.37. The van der Waals surface area contributed by atoms with E-state index in [2.05, 4.69) is 19.4 Å². The van der Waals surface area contributed by atoms with Crippen molar-refractivity contribution in [2.24, 2.45) is 10.3 Å². The van der Waals surface area contributed by atoms with E-state index in [0.717, 1.165) is 0 Å². The number of amidine groups is 1. The van der Waals surface area contributed by atoms with Gasteiger partial charge in [-0.25, -0.2) is 13.4 Å². The fourth-order valence-corrected chi connectivity index (χ4v) is 7.75. The minimum Gasteiger partial charge on any atom is -0.506 e. The van der Waals surface area contributed by atoms with Crippen LogP contribution in [0.1, 0.15) is 25.8 Å². The predicted molar refractivity (Wildman–Crippen MR) is 162 cm³/mol. The molecule has 0 fully saturated rings. The number of aromatic nitrogens is 2. The summed E-state index contributed by atoms with van der Waals surface area (Å²) in [5, 5.41) is 14.1. The lowest BCUT2D eigenvalue weighted by molar-refractivity contribution is 0.473. The summed E-state index contributed by atoms with van der Waals surface area (Å²) in [5.74, 6) is -0.382. The van der Waals surface area contributed by atoms with E-state index in [1.54, 1.807) is 12.1 Å². The third-order valence-corrected chi connectivity index (χ3v) is 10.0. The van der Waals surface area contributed by atoms with Gasteiger partial charge >= 0.3 is 0 Å². The summed E-state index contributed by atoms with van der Waals surface area (Å²) in [6.07, 6.45) is 2.17. The Kier molecular flexibility index (Phi) is 7.70. The molecule has 0 bridgehead atoms. The van der Waals surface area contributed by atoms with Crippen molar-refractivity contribution in [3.05, 3.63) is 80.7 Å². The monoisotopic (exact) mass is 637 g/mol. The Morgan fingerprint density at radius 1 is 1.10 bits per heavy atom. The van der Waals surface area contributed by atoms with Gasteiger partial charge in [-0.2, -0.15) is 0 Å². The lowest BCUT2D eigenvalue weighted by Crippen LogP contribution is -2.32. The number of nitrogens with one attached hydrogen (secondary N) is 2. The molecule has 5 rings (SSSR count). The van der Waals surface area contributed by atoms with Gasteiger partial charge in [0.2, 0.25) is 0 Å². The topological polar surface area (TPSA) is 166 Å². The molecule has 4 aromatic rings. The van der Waals surface area contributed by atoms with E-state index >= 15 is 0 Å². The number of pyridine rings is 2. The largest absolute Gasteiger partial charge is 0.506 e. The standard InChI is InChI=1S/C26H25Cl2N5O6S2/c1-14(2)10-12-33-25-16(5-4-11-29-25)22(34)21(26(33)35)24-30-19-9-8-15(13-20(19)40(36,37)32-24)31-41(38,39)23-17(27)6-3-7-18(23)28/h3-9,11,13-14,31,34,36-37H,10,12H2,1-2H3,(H,30,32). The molecule has 41 heavy (non-hydrogen) atoms. The molecule has 0 amide bonds. The number of nitrogens with zero attached hydrogens (tertiary/aromatic N) is 3. The molecular weight excluding hydrogens is 613 g/mol. The molecule has 2 aromatic carbocycles. The summed E-state index contributed by atoms with van der Waals surface area (Å²) < 4.78 is 55.8. The van der Waals surface area contributed by atoms with Crippen LogP contribution < -0.4 is 15.6 Å². The van der Waals surface area contributed by atoms with Gasteiger partial charge in [0, 0.05) is 12.7 Å². The summed E-state index contributed by atoms with van der Waals surface area (Å²) in [5.41, 5.74) is -0.444. The molecule has 15 heteroatoms. The van der Waals surface area contributed by atoms with Crippen LogP contribution in [-0.2, 0) is 16.6 Å². The second-order valence-corrected chi connectivity index (χ2v) is 13.8. The summed E-state index contributed by atoms with van der Waals surface area (Å²) >= 11 is 12.1. The first-order valence-electron chi connectivity index (χ1n) is 12.3. The minimum atomic E-state index is -4.25. The van der Waals surface area contributed by atoms with Crippen molar-refractivity contribution >= 4 is 72.2 Å². The average Bonchev–Trinajstić information content (AvgIpc) is 2.88. The smallest absolute Gasteiger partial charge is 0.267 e. The molecule has 0 radical (unpaired) electrons. The zero-order valence-electron chi connectivity index (χ0n) is 21.7. The van der Waals surface area contributed by atoms with Gasteiger partial charge < -0.3 is 10.4 Å². The molecule has 1 aliphatic heterocycles. The van der Waals surface area contributed by atoms with Gasteiger partial charge in [0.05, 0.1) is 26.8 Å². The molecule has 3 heterocycles. The minimum absolute atomic E-state index is 0.0178. The Labute approximate surface area is 247 Å². The Bertz CT molecular complexity index is 1870. The number of sulfonamides is 1. The van der Waals surface area contributed by atoms with Gasteiger partial charge in [0.1, 0.15) is 26.8 Å². The molecule has 216 valence electrons. The van der Waals surface area contributed by atoms with Crippen LogP contribution in [0.15, 0.2) is 73.7 Å². The fraction of sp³-hybridized carbons (Fsp3) is 0.192. The first-order valence-corrected chi connectivity index (χ1v) is 16.0. The SMILES string of the molecule is CC(C)CCn1c(=O)c(C2=NS(O)(O)c3cc(NS(=O)(=O)c4c(Cl)cccc4Cl)ccc3N2)c(O)c2cccnc21. The number of aryl methyl sites for hydroxylation is 1. The normalized spacial score (nSPS) is 15.2. The van der Waals surface area contributed by atoms with E-state index < -0.39 is 32.1 Å². The van der Waals surface area contributed by atoms with E-state index in [1.165, 1.54) is 47.2 Å². The van der Waals surface area contributed by atoms with Gasteiger partial charge in [-0.3, -0.25) is 23.2 Å². The summed E-state index contributed by atoms with van der Waals surface area (Å²) in [4.78, 5) is 17.4. The predicted octanol–water partition coefficient (Wildman–Crippen LogP) is 6.15. The maximum absolute atomic E-state index is 13.6. The Morgan fingerprint density at radius 2 is 1.80 bits per heavy atom. The quantitative estimate of drug-likeness (QED) is 0.161. The number of benzene rings is 2. The highest BCUT2D eigenvalue weighted by Crippen LogP contribution is 2.56. The maximum atomic E-state index is 13.6. The van der Waals surface area contributed by atoms with E-state index in [4.69, 9.17) is 23.2 Å². The molecule has 0 spiro atoms. The van der Waals surface area contributed by atoms with Crippen LogP contribution in [0.2, 0.25) is 10.0 Å². The van der Waals surface area contributed by atoms with Gasteiger partial charge in [-0.1, -0.05) is 53.9 Å². The average molecular weight is 639 g/mol. The third kappa shape index (κ3) is 5.48. The van der Waals surface area contributed by atoms with Crippen LogP contribution >= 0.6 is 34.0 Å². The molecule has 5 N–H and O–H groups in total. The molecular formula is C26H25Cl2N5O6S2. The first-order chi connectivity index (χ1) is 19.3. The Hall–Kier alpha value is -3.33. The van der Waals surface area contributed by atoms with Crippen molar-refractivity contribution in [2.75, 3.05) is 10.0 Å². The van der Waals surface area contributed by atoms with E-state index in [-0.39, 0.29) is 48.5 Å². The van der Waals surface area contributed by atoms with Crippen molar-refractivity contribution in [1.82, 2.24) is 9.55 Å². The lowest BCUT2D eigenvalue weighted by Gasteiger charge is -2.34. The second kappa shape index (κ2) is 10.8. The van der Waals surface area contributed by atoms with Crippen LogP contribution in [0.4, 0.5) is 11.4 Å². The van der Waals surface area contributed by atoms with Crippen molar-refractivity contribution < 1.29 is 22.6 Å². The Balaban J connectivity index is 1.57. The number of aromatic hydroxyl groups is 1. The van der Waals surface area contributed by atoms with Crippen LogP contribution in [0.5, 0.6) is 5.75 Å². The van der Waals surface area contributed by atoms with E-state index in [1.807, 2.05) is 13.8 Å². The number of hydrogen-bond acceptors (Lipinski definition) is 9. The zero-order valence-corrected chi connectivity index (χ0v) is 24.8. The third-order valence-electron chi connectivity index (χ3n) is 6.35. The van der Waals surface area contributed by atoms with Crippen LogP contribution in [0, 0.1) is 5.92 Å². The lowest BCUT2D eigenvalue weighted by atomic mass is 10.1. The molecule has 0 aliphatic carbocycles. The number of anilines is 2.